The summed E-state index contributed by atoms with van der Waals surface area (Å²) in [6.07, 6.45) is 0.449. The summed E-state index contributed by atoms with van der Waals surface area (Å²) in [5.74, 6) is 0.211. The number of aryl methyl sites for hydroxylation is 1. The van der Waals surface area contributed by atoms with Crippen molar-refractivity contribution in [1.82, 2.24) is 0 Å². The molecule has 1 fully saturated rings. The van der Waals surface area contributed by atoms with Crippen molar-refractivity contribution in [2.75, 3.05) is 6.61 Å². The maximum absolute atomic E-state index is 12.4. The fraction of sp³-hybridized carbons (Fsp3) is 0.286. The molecule has 0 unspecified atom stereocenters. The minimum absolute atomic E-state index is 0.0639. The zero-order chi connectivity index (χ0) is 16.4. The Morgan fingerprint density at radius 2 is 1.83 bits per heavy atom. The molecule has 118 valence electrons. The number of Topliss-reactive ketones (excluding diaryl/α,β-unsaturated/α-hetero) is 1. The monoisotopic (exact) mass is 306 g/mol. The lowest BCUT2D eigenvalue weighted by Crippen LogP contribution is -2.23. The van der Waals surface area contributed by atoms with E-state index in [-0.39, 0.29) is 11.7 Å². The minimum atomic E-state index is -0.505. The fourth-order valence-corrected chi connectivity index (χ4v) is 3.14. The number of carbonyl (C=O) groups excluding carboxylic acids is 1. The van der Waals surface area contributed by atoms with E-state index in [0.717, 1.165) is 16.7 Å². The third-order valence-electron chi connectivity index (χ3n) is 4.81. The Kier molecular flexibility index (Phi) is 4.18. The zero-order valence-corrected chi connectivity index (χ0v) is 13.7. The van der Waals surface area contributed by atoms with Crippen LogP contribution in [0.4, 0.5) is 0 Å². The Morgan fingerprint density at radius 3 is 2.48 bits per heavy atom. The maximum atomic E-state index is 12.4. The van der Waals surface area contributed by atoms with Gasteiger partial charge in [0, 0.05) is 17.9 Å². The van der Waals surface area contributed by atoms with Gasteiger partial charge < -0.3 is 4.74 Å². The Hall–Kier alpha value is -2.19. The van der Waals surface area contributed by atoms with Gasteiger partial charge in [-0.05, 0) is 25.0 Å². The standard InChI is InChI=1S/C21H22O2/c1-15-9-11-19(12-10-15)21(3)16(2)18(14-23-21)13-20(22)17-7-5-4-6-8-17/h4-12,18H,2,13-14H2,1,3H3/t18-,21-/m1/s1. The van der Waals surface area contributed by atoms with Crippen LogP contribution in [0, 0.1) is 12.8 Å². The number of carbonyl (C=O) groups is 1. The van der Waals surface area contributed by atoms with Gasteiger partial charge in [-0.3, -0.25) is 4.79 Å². The lowest BCUT2D eigenvalue weighted by molar-refractivity contribution is 0.0324. The van der Waals surface area contributed by atoms with Crippen molar-refractivity contribution >= 4 is 5.78 Å². The molecule has 2 atom stereocenters. The van der Waals surface area contributed by atoms with E-state index in [2.05, 4.69) is 37.8 Å². The number of ether oxygens (including phenoxy) is 1. The Balaban J connectivity index is 1.76. The van der Waals surface area contributed by atoms with Gasteiger partial charge >= 0.3 is 0 Å². The highest BCUT2D eigenvalue weighted by atomic mass is 16.5. The average molecular weight is 306 g/mol. The van der Waals surface area contributed by atoms with Crippen LogP contribution in [-0.4, -0.2) is 12.4 Å². The van der Waals surface area contributed by atoms with Gasteiger partial charge in [-0.15, -0.1) is 0 Å². The van der Waals surface area contributed by atoms with Gasteiger partial charge in [0.1, 0.15) is 5.60 Å². The molecule has 0 bridgehead atoms. The largest absolute Gasteiger partial charge is 0.366 e. The molecule has 2 aromatic carbocycles. The summed E-state index contributed by atoms with van der Waals surface area (Å²) < 4.78 is 6.08. The van der Waals surface area contributed by atoms with Gasteiger partial charge in [0.15, 0.2) is 5.78 Å². The van der Waals surface area contributed by atoms with E-state index in [1.807, 2.05) is 37.3 Å². The van der Waals surface area contributed by atoms with Crippen LogP contribution < -0.4 is 0 Å². The maximum Gasteiger partial charge on any atom is 0.163 e. The van der Waals surface area contributed by atoms with Gasteiger partial charge in [-0.25, -0.2) is 0 Å². The topological polar surface area (TPSA) is 26.3 Å². The number of hydrogen-bond donors (Lipinski definition) is 0. The molecule has 2 aromatic rings. The van der Waals surface area contributed by atoms with Crippen LogP contribution in [0.25, 0.3) is 0 Å². The molecule has 2 heteroatoms. The predicted octanol–water partition coefficient (Wildman–Crippen LogP) is 4.69. The Bertz CT molecular complexity index is 715. The minimum Gasteiger partial charge on any atom is -0.366 e. The van der Waals surface area contributed by atoms with E-state index >= 15 is 0 Å². The van der Waals surface area contributed by atoms with Crippen LogP contribution in [-0.2, 0) is 10.3 Å². The van der Waals surface area contributed by atoms with Crippen LogP contribution in [0.3, 0.4) is 0 Å². The number of benzene rings is 2. The van der Waals surface area contributed by atoms with Crippen LogP contribution in [0.1, 0.15) is 34.8 Å². The van der Waals surface area contributed by atoms with Gasteiger partial charge in [0.05, 0.1) is 6.61 Å². The highest BCUT2D eigenvalue weighted by Gasteiger charge is 2.42. The third kappa shape index (κ3) is 2.99. The van der Waals surface area contributed by atoms with Crippen LogP contribution in [0.2, 0.25) is 0 Å². The van der Waals surface area contributed by atoms with E-state index in [1.54, 1.807) is 0 Å². The average Bonchev–Trinajstić information content (AvgIpc) is 2.86. The van der Waals surface area contributed by atoms with E-state index in [0.29, 0.717) is 13.0 Å². The molecule has 0 aliphatic carbocycles. The molecule has 1 heterocycles. The number of rotatable bonds is 4. The second-order valence-corrected chi connectivity index (χ2v) is 6.43. The van der Waals surface area contributed by atoms with Crippen LogP contribution >= 0.6 is 0 Å². The quantitative estimate of drug-likeness (QED) is 0.605. The highest BCUT2D eigenvalue weighted by Crippen LogP contribution is 2.44. The smallest absolute Gasteiger partial charge is 0.163 e. The molecular formula is C21H22O2. The molecule has 0 spiro atoms. The van der Waals surface area contributed by atoms with Gasteiger partial charge in [0.25, 0.3) is 0 Å². The first-order valence-corrected chi connectivity index (χ1v) is 7.99. The molecule has 0 aromatic heterocycles. The lowest BCUT2D eigenvalue weighted by atomic mass is 9.82. The van der Waals surface area contributed by atoms with Crippen molar-refractivity contribution in [2.24, 2.45) is 5.92 Å². The summed E-state index contributed by atoms with van der Waals surface area (Å²) >= 11 is 0. The van der Waals surface area contributed by atoms with Crippen LogP contribution in [0.15, 0.2) is 66.7 Å². The van der Waals surface area contributed by atoms with Gasteiger partial charge in [-0.2, -0.15) is 0 Å². The molecule has 0 N–H and O–H groups in total. The Labute approximate surface area is 137 Å². The van der Waals surface area contributed by atoms with E-state index in [1.165, 1.54) is 5.56 Å². The Morgan fingerprint density at radius 1 is 1.17 bits per heavy atom. The SMILES string of the molecule is C=C1[C@H](CC(=O)c2ccccc2)CO[C@@]1(C)c1ccc(C)cc1. The van der Waals surface area contributed by atoms with Crippen LogP contribution in [0.5, 0.6) is 0 Å². The number of ketones is 1. The zero-order valence-electron chi connectivity index (χ0n) is 13.7. The second-order valence-electron chi connectivity index (χ2n) is 6.43. The number of hydrogen-bond acceptors (Lipinski definition) is 2. The van der Waals surface area contributed by atoms with Gasteiger partial charge in [-0.1, -0.05) is 66.7 Å². The first-order valence-electron chi connectivity index (χ1n) is 7.99. The van der Waals surface area contributed by atoms with Crippen molar-refractivity contribution in [3.8, 4) is 0 Å². The molecule has 0 radical (unpaired) electrons. The van der Waals surface area contributed by atoms with Crippen molar-refractivity contribution in [2.45, 2.75) is 25.9 Å². The first kappa shape index (κ1) is 15.7. The summed E-state index contributed by atoms with van der Waals surface area (Å²) in [7, 11) is 0. The summed E-state index contributed by atoms with van der Waals surface area (Å²) in [6, 6.07) is 17.8. The molecule has 23 heavy (non-hydrogen) atoms. The first-order chi connectivity index (χ1) is 11.0. The third-order valence-corrected chi connectivity index (χ3v) is 4.81. The molecular weight excluding hydrogens is 284 g/mol. The van der Waals surface area contributed by atoms with E-state index < -0.39 is 5.60 Å². The summed E-state index contributed by atoms with van der Waals surface area (Å²) in [4.78, 5) is 12.4. The van der Waals surface area contributed by atoms with Crippen molar-refractivity contribution < 1.29 is 9.53 Å². The van der Waals surface area contributed by atoms with Crippen molar-refractivity contribution in [3.63, 3.8) is 0 Å². The second kappa shape index (κ2) is 6.13. The summed E-state index contributed by atoms with van der Waals surface area (Å²) in [5, 5.41) is 0. The van der Waals surface area contributed by atoms with E-state index in [4.69, 9.17) is 4.74 Å². The molecule has 0 saturated carbocycles. The molecule has 2 nitrogen and oxygen atoms in total. The summed E-state index contributed by atoms with van der Waals surface area (Å²) in [5.41, 5.74) is 3.56. The fourth-order valence-electron chi connectivity index (χ4n) is 3.14. The molecule has 1 saturated heterocycles. The lowest BCUT2D eigenvalue weighted by Gasteiger charge is -2.26. The highest BCUT2D eigenvalue weighted by molar-refractivity contribution is 5.96. The van der Waals surface area contributed by atoms with E-state index in [9.17, 15) is 4.79 Å². The molecule has 1 aliphatic rings. The van der Waals surface area contributed by atoms with Crippen molar-refractivity contribution in [1.29, 1.82) is 0 Å². The predicted molar refractivity (Wildman–Crippen MR) is 92.5 cm³/mol. The molecule has 1 aliphatic heterocycles. The molecule has 0 amide bonds. The van der Waals surface area contributed by atoms with Gasteiger partial charge in [0.2, 0.25) is 0 Å². The molecule has 3 rings (SSSR count). The normalized spacial score (nSPS) is 23.9. The van der Waals surface area contributed by atoms with Crippen molar-refractivity contribution in [3.05, 3.63) is 83.4 Å². The summed E-state index contributed by atoms with van der Waals surface area (Å²) in [6.45, 7) is 8.92.